The van der Waals surface area contributed by atoms with Gasteiger partial charge in [-0.25, -0.2) is 0 Å². The van der Waals surface area contributed by atoms with Crippen molar-refractivity contribution in [3.05, 3.63) is 52.8 Å². The van der Waals surface area contributed by atoms with Crippen LogP contribution in [0.1, 0.15) is 17.2 Å². The van der Waals surface area contributed by atoms with E-state index in [2.05, 4.69) is 40.3 Å². The van der Waals surface area contributed by atoms with Crippen LogP contribution in [0.4, 0.5) is 0 Å². The van der Waals surface area contributed by atoms with Crippen LogP contribution in [-0.2, 0) is 13.6 Å². The van der Waals surface area contributed by atoms with E-state index in [0.29, 0.717) is 11.8 Å². The molecule has 6 heteroatoms. The lowest BCUT2D eigenvalue weighted by Crippen LogP contribution is -2.24. The van der Waals surface area contributed by atoms with E-state index in [-0.39, 0.29) is 12.4 Å². The Hall–Kier alpha value is -1.07. The summed E-state index contributed by atoms with van der Waals surface area (Å²) < 4.78 is 1.86. The van der Waals surface area contributed by atoms with Crippen molar-refractivity contribution in [1.29, 1.82) is 0 Å². The van der Waals surface area contributed by atoms with Crippen molar-refractivity contribution in [3.63, 3.8) is 0 Å². The van der Waals surface area contributed by atoms with Gasteiger partial charge in [0.15, 0.2) is 0 Å². The largest absolute Gasteiger partial charge is 0.330 e. The molecule has 2 heterocycles. The molecule has 1 aliphatic heterocycles. The van der Waals surface area contributed by atoms with Gasteiger partial charge in [0.2, 0.25) is 0 Å². The first-order valence-electron chi connectivity index (χ1n) is 7.32. The smallest absolute Gasteiger partial charge is 0.0831 e. The normalized spacial score (nSPS) is 21.8. The van der Waals surface area contributed by atoms with Crippen LogP contribution < -0.4 is 5.73 Å². The number of halogens is 2. The lowest BCUT2D eigenvalue weighted by atomic mass is 9.89. The lowest BCUT2D eigenvalue weighted by Gasteiger charge is -2.17. The van der Waals surface area contributed by atoms with Crippen LogP contribution in [0.5, 0.6) is 0 Å². The fourth-order valence-electron chi connectivity index (χ4n) is 3.23. The first kappa shape index (κ1) is 17.3. The highest BCUT2D eigenvalue weighted by Gasteiger charge is 2.33. The van der Waals surface area contributed by atoms with Crippen LogP contribution in [0.3, 0.4) is 0 Å². The minimum atomic E-state index is 0. The lowest BCUT2D eigenvalue weighted by molar-refractivity contribution is 0.307. The number of hydrogen-bond acceptors (Lipinski definition) is 3. The van der Waals surface area contributed by atoms with Crippen LogP contribution in [-0.4, -0.2) is 34.3 Å². The third-order valence-electron chi connectivity index (χ3n) is 4.43. The molecule has 2 atom stereocenters. The van der Waals surface area contributed by atoms with Crippen molar-refractivity contribution in [2.24, 2.45) is 18.7 Å². The molecule has 22 heavy (non-hydrogen) atoms. The fourth-order valence-corrected chi connectivity index (χ4v) is 3.46. The highest BCUT2D eigenvalue weighted by molar-refractivity contribution is 6.31. The number of aryl methyl sites for hydroxylation is 1. The number of likely N-dealkylation sites (tertiary alicyclic amines) is 1. The molecule has 3 rings (SSSR count). The Bertz CT molecular complexity index is 580. The molecule has 0 bridgehead atoms. The van der Waals surface area contributed by atoms with Gasteiger partial charge in [-0.1, -0.05) is 41.9 Å². The zero-order valence-electron chi connectivity index (χ0n) is 12.7. The molecule has 0 unspecified atom stereocenters. The summed E-state index contributed by atoms with van der Waals surface area (Å²) in [5.41, 5.74) is 8.44. The summed E-state index contributed by atoms with van der Waals surface area (Å²) in [6.07, 6.45) is 1.71. The summed E-state index contributed by atoms with van der Waals surface area (Å²) in [7, 11) is 1.94. The summed E-state index contributed by atoms with van der Waals surface area (Å²) in [4.78, 5) is 2.43. The van der Waals surface area contributed by atoms with Crippen LogP contribution in [0.25, 0.3) is 0 Å². The summed E-state index contributed by atoms with van der Waals surface area (Å²) in [6.45, 7) is 3.58. The SMILES string of the molecule is Cl.Cn1ncc(Cl)c1CN1C[C@@H](CN)[C@H](c2ccccc2)C1. The van der Waals surface area contributed by atoms with Gasteiger partial charge >= 0.3 is 0 Å². The van der Waals surface area contributed by atoms with E-state index >= 15 is 0 Å². The third-order valence-corrected chi connectivity index (χ3v) is 4.75. The summed E-state index contributed by atoms with van der Waals surface area (Å²) in [6, 6.07) is 10.7. The van der Waals surface area contributed by atoms with E-state index in [4.69, 9.17) is 17.3 Å². The molecule has 0 amide bonds. The van der Waals surface area contributed by atoms with Crippen LogP contribution in [0, 0.1) is 5.92 Å². The maximum atomic E-state index is 6.21. The fraction of sp³-hybridized carbons (Fsp3) is 0.438. The molecular weight excluding hydrogens is 319 g/mol. The summed E-state index contributed by atoms with van der Waals surface area (Å²) in [5, 5.41) is 4.95. The quantitative estimate of drug-likeness (QED) is 0.930. The van der Waals surface area contributed by atoms with Crippen molar-refractivity contribution in [2.45, 2.75) is 12.5 Å². The van der Waals surface area contributed by atoms with Crippen LogP contribution in [0.2, 0.25) is 5.02 Å². The highest BCUT2D eigenvalue weighted by Crippen LogP contribution is 2.33. The Balaban J connectivity index is 0.00000176. The second-order valence-corrected chi connectivity index (χ2v) is 6.18. The number of nitrogens with two attached hydrogens (primary N) is 1. The number of aromatic nitrogens is 2. The average Bonchev–Trinajstić information content (AvgIpc) is 3.06. The molecule has 0 radical (unpaired) electrons. The van der Waals surface area contributed by atoms with Crippen LogP contribution in [0.15, 0.2) is 36.5 Å². The number of hydrogen-bond donors (Lipinski definition) is 1. The number of benzene rings is 1. The van der Waals surface area contributed by atoms with E-state index in [1.54, 1.807) is 6.20 Å². The Morgan fingerprint density at radius 2 is 2.00 bits per heavy atom. The molecule has 2 aromatic rings. The van der Waals surface area contributed by atoms with E-state index in [0.717, 1.165) is 36.9 Å². The molecule has 1 aromatic carbocycles. The highest BCUT2D eigenvalue weighted by atomic mass is 35.5. The Labute approximate surface area is 142 Å². The van der Waals surface area contributed by atoms with Crippen molar-refractivity contribution < 1.29 is 0 Å². The molecule has 4 nitrogen and oxygen atoms in total. The number of rotatable bonds is 4. The summed E-state index contributed by atoms with van der Waals surface area (Å²) >= 11 is 6.21. The Kier molecular flexibility index (Phi) is 5.87. The Morgan fingerprint density at radius 3 is 2.59 bits per heavy atom. The number of nitrogens with zero attached hydrogens (tertiary/aromatic N) is 3. The monoisotopic (exact) mass is 340 g/mol. The molecule has 0 saturated carbocycles. The average molecular weight is 341 g/mol. The zero-order valence-corrected chi connectivity index (χ0v) is 14.2. The molecule has 0 aliphatic carbocycles. The molecule has 2 N–H and O–H groups in total. The van der Waals surface area contributed by atoms with E-state index in [1.165, 1.54) is 5.56 Å². The van der Waals surface area contributed by atoms with E-state index in [9.17, 15) is 0 Å². The van der Waals surface area contributed by atoms with Gasteiger partial charge in [0.05, 0.1) is 16.9 Å². The van der Waals surface area contributed by atoms with Crippen molar-refractivity contribution >= 4 is 24.0 Å². The molecule has 120 valence electrons. The third kappa shape index (κ3) is 3.46. The molecule has 1 fully saturated rings. The minimum Gasteiger partial charge on any atom is -0.330 e. The van der Waals surface area contributed by atoms with Gasteiger partial charge in [-0.2, -0.15) is 5.10 Å². The van der Waals surface area contributed by atoms with Gasteiger partial charge in [-0.15, -0.1) is 12.4 Å². The maximum absolute atomic E-state index is 6.21. The standard InChI is InChI=1S/C16H21ClN4.ClH/c1-20-16(15(17)8-19-20)11-21-9-13(7-18)14(10-21)12-5-3-2-4-6-12;/h2-6,8,13-14H,7,9-11,18H2,1H3;1H/t13-,14+;/m1./s1. The maximum Gasteiger partial charge on any atom is 0.0831 e. The summed E-state index contributed by atoms with van der Waals surface area (Å²) in [5.74, 6) is 1.00. The van der Waals surface area contributed by atoms with E-state index in [1.807, 2.05) is 11.7 Å². The molecule has 1 aromatic heterocycles. The molecular formula is C16H22Cl2N4. The zero-order chi connectivity index (χ0) is 14.8. The second-order valence-electron chi connectivity index (χ2n) is 5.77. The molecule has 1 aliphatic rings. The molecule has 0 spiro atoms. The van der Waals surface area contributed by atoms with Crippen molar-refractivity contribution in [2.75, 3.05) is 19.6 Å². The van der Waals surface area contributed by atoms with Crippen LogP contribution >= 0.6 is 24.0 Å². The van der Waals surface area contributed by atoms with Gasteiger partial charge in [0.25, 0.3) is 0 Å². The Morgan fingerprint density at radius 1 is 1.27 bits per heavy atom. The van der Waals surface area contributed by atoms with Crippen molar-refractivity contribution in [3.8, 4) is 0 Å². The molecule has 1 saturated heterocycles. The van der Waals surface area contributed by atoms with Crippen molar-refractivity contribution in [1.82, 2.24) is 14.7 Å². The predicted molar refractivity (Wildman–Crippen MR) is 92.5 cm³/mol. The van der Waals surface area contributed by atoms with Gasteiger partial charge in [-0.3, -0.25) is 9.58 Å². The topological polar surface area (TPSA) is 47.1 Å². The van der Waals surface area contributed by atoms with Gasteiger partial charge in [-0.05, 0) is 18.0 Å². The van der Waals surface area contributed by atoms with Gasteiger partial charge in [0.1, 0.15) is 0 Å². The predicted octanol–water partition coefficient (Wildman–Crippen LogP) is 2.67. The van der Waals surface area contributed by atoms with E-state index < -0.39 is 0 Å². The second kappa shape index (κ2) is 7.47. The van der Waals surface area contributed by atoms with Gasteiger partial charge in [0, 0.05) is 32.6 Å². The first-order chi connectivity index (χ1) is 10.2. The first-order valence-corrected chi connectivity index (χ1v) is 7.70. The van der Waals surface area contributed by atoms with Gasteiger partial charge < -0.3 is 5.73 Å². The minimum absolute atomic E-state index is 0.